The molecule has 196 valence electrons. The van der Waals surface area contributed by atoms with Crippen molar-refractivity contribution in [2.45, 2.75) is 18.9 Å². The number of amides is 2. The second kappa shape index (κ2) is 10.9. The van der Waals surface area contributed by atoms with Crippen molar-refractivity contribution in [3.8, 4) is 11.1 Å². The van der Waals surface area contributed by atoms with Crippen LogP contribution in [0.2, 0.25) is 0 Å². The quantitative estimate of drug-likeness (QED) is 0.341. The molecule has 0 bridgehead atoms. The number of fused-ring (bicyclic) bond motifs is 1. The zero-order valence-electron chi connectivity index (χ0n) is 21.0. The first-order chi connectivity index (χ1) is 18.6. The zero-order chi connectivity index (χ0) is 25.9. The minimum atomic E-state index is -0.316. The Morgan fingerprint density at radius 3 is 2.45 bits per heavy atom. The maximum absolute atomic E-state index is 12.4. The summed E-state index contributed by atoms with van der Waals surface area (Å²) in [7, 11) is 0. The number of urea groups is 1. The van der Waals surface area contributed by atoms with Crippen molar-refractivity contribution >= 4 is 49.8 Å². The predicted octanol–water partition coefficient (Wildman–Crippen LogP) is 4.80. The van der Waals surface area contributed by atoms with Crippen molar-refractivity contribution in [2.24, 2.45) is 0 Å². The fourth-order valence-electron chi connectivity index (χ4n) is 4.88. The number of aliphatic hydroxyl groups excluding tert-OH is 1. The number of morpholine rings is 1. The molecule has 2 saturated heterocycles. The Bertz CT molecular complexity index is 1400. The van der Waals surface area contributed by atoms with E-state index in [1.54, 1.807) is 35.9 Å². The highest BCUT2D eigenvalue weighted by molar-refractivity contribution is 7.22. The first-order valence-corrected chi connectivity index (χ1v) is 13.7. The fraction of sp³-hybridized carbons (Fsp3) is 0.321. The largest absolute Gasteiger partial charge is 0.393 e. The SMILES string of the molecule is O=C(Nc1ccc(-c2cc(N3CCOCC3)c3nc(N4CCC(O)CC4)sc3c2)cc1)Nc1cccnc1. The third kappa shape index (κ3) is 5.42. The average molecular weight is 531 g/mol. The van der Waals surface area contributed by atoms with Gasteiger partial charge in [0.2, 0.25) is 0 Å². The summed E-state index contributed by atoms with van der Waals surface area (Å²) in [5.74, 6) is 0. The van der Waals surface area contributed by atoms with Gasteiger partial charge in [0.25, 0.3) is 0 Å². The number of pyridine rings is 1. The Morgan fingerprint density at radius 2 is 1.71 bits per heavy atom. The monoisotopic (exact) mass is 530 g/mol. The van der Waals surface area contributed by atoms with Gasteiger partial charge in [0, 0.05) is 38.1 Å². The lowest BCUT2D eigenvalue weighted by Crippen LogP contribution is -2.36. The molecule has 0 spiro atoms. The Morgan fingerprint density at radius 1 is 0.947 bits per heavy atom. The fourth-order valence-corrected chi connectivity index (χ4v) is 5.96. The normalized spacial score (nSPS) is 16.6. The molecule has 4 aromatic rings. The minimum absolute atomic E-state index is 0.213. The Labute approximate surface area is 225 Å². The van der Waals surface area contributed by atoms with E-state index < -0.39 is 0 Å². The van der Waals surface area contributed by atoms with Crippen LogP contribution in [0, 0.1) is 0 Å². The second-order valence-corrected chi connectivity index (χ2v) is 10.6. The first-order valence-electron chi connectivity index (χ1n) is 12.9. The highest BCUT2D eigenvalue weighted by Crippen LogP contribution is 2.39. The maximum atomic E-state index is 12.4. The number of ether oxygens (including phenoxy) is 1. The summed E-state index contributed by atoms with van der Waals surface area (Å²) >= 11 is 1.71. The molecular formula is C28H30N6O3S. The van der Waals surface area contributed by atoms with E-state index in [9.17, 15) is 9.90 Å². The van der Waals surface area contributed by atoms with Crippen LogP contribution in [0.15, 0.2) is 60.9 Å². The van der Waals surface area contributed by atoms with Crippen molar-refractivity contribution in [2.75, 3.05) is 59.8 Å². The van der Waals surface area contributed by atoms with Crippen LogP contribution in [-0.2, 0) is 4.74 Å². The first kappa shape index (κ1) is 24.6. The number of benzene rings is 2. The Kier molecular flexibility index (Phi) is 7.08. The molecule has 2 amide bonds. The number of rotatable bonds is 5. The summed E-state index contributed by atoms with van der Waals surface area (Å²) in [6, 6.07) is 15.5. The molecule has 3 N–H and O–H groups in total. The second-order valence-electron chi connectivity index (χ2n) is 9.55. The lowest BCUT2D eigenvalue weighted by molar-refractivity contribution is 0.123. The van der Waals surface area contributed by atoms with Gasteiger partial charge in [-0.25, -0.2) is 9.78 Å². The van der Waals surface area contributed by atoms with E-state index in [4.69, 9.17) is 9.72 Å². The van der Waals surface area contributed by atoms with E-state index in [1.807, 2.05) is 24.3 Å². The van der Waals surface area contributed by atoms with Gasteiger partial charge in [0.15, 0.2) is 5.13 Å². The molecule has 2 fully saturated rings. The third-order valence-electron chi connectivity index (χ3n) is 6.95. The van der Waals surface area contributed by atoms with E-state index in [2.05, 4.69) is 37.6 Å². The smallest absolute Gasteiger partial charge is 0.323 e. The molecule has 4 heterocycles. The molecule has 0 aliphatic carbocycles. The van der Waals surface area contributed by atoms with Crippen LogP contribution < -0.4 is 20.4 Å². The highest BCUT2D eigenvalue weighted by atomic mass is 32.1. The number of carbonyl (C=O) groups excluding carboxylic acids is 1. The number of nitrogens with zero attached hydrogens (tertiary/aromatic N) is 4. The van der Waals surface area contributed by atoms with Crippen LogP contribution in [0.1, 0.15) is 12.8 Å². The summed E-state index contributed by atoms with van der Waals surface area (Å²) < 4.78 is 6.75. The number of hydrogen-bond donors (Lipinski definition) is 3. The number of thiazole rings is 1. The molecule has 2 aliphatic rings. The van der Waals surface area contributed by atoms with Crippen LogP contribution in [-0.4, -0.2) is 66.6 Å². The van der Waals surface area contributed by atoms with Crippen LogP contribution in [0.25, 0.3) is 21.3 Å². The Hall–Kier alpha value is -3.73. The molecule has 9 nitrogen and oxygen atoms in total. The number of nitrogens with one attached hydrogen (secondary N) is 2. The lowest BCUT2D eigenvalue weighted by atomic mass is 10.0. The molecule has 6 rings (SSSR count). The van der Waals surface area contributed by atoms with E-state index in [0.717, 1.165) is 71.2 Å². The van der Waals surface area contributed by atoms with E-state index in [-0.39, 0.29) is 12.1 Å². The van der Waals surface area contributed by atoms with Gasteiger partial charge in [0.1, 0.15) is 5.52 Å². The highest BCUT2D eigenvalue weighted by Gasteiger charge is 2.23. The van der Waals surface area contributed by atoms with Gasteiger partial charge in [-0.3, -0.25) is 4.98 Å². The summed E-state index contributed by atoms with van der Waals surface area (Å²) in [6.07, 6.45) is 4.60. The molecule has 0 atom stereocenters. The average Bonchev–Trinajstić information content (AvgIpc) is 3.39. The third-order valence-corrected chi connectivity index (χ3v) is 8.01. The van der Waals surface area contributed by atoms with Crippen molar-refractivity contribution in [1.82, 2.24) is 9.97 Å². The van der Waals surface area contributed by atoms with Gasteiger partial charge >= 0.3 is 6.03 Å². The van der Waals surface area contributed by atoms with Crippen LogP contribution >= 0.6 is 11.3 Å². The zero-order valence-corrected chi connectivity index (χ0v) is 21.8. The number of hydrogen-bond acceptors (Lipinski definition) is 8. The van der Waals surface area contributed by atoms with Gasteiger partial charge < -0.3 is 30.3 Å². The lowest BCUT2D eigenvalue weighted by Gasteiger charge is -2.30. The number of piperidine rings is 1. The van der Waals surface area contributed by atoms with Crippen molar-refractivity contribution in [1.29, 1.82) is 0 Å². The van der Waals surface area contributed by atoms with Crippen LogP contribution in [0.4, 0.5) is 27.0 Å². The predicted molar refractivity (Wildman–Crippen MR) is 152 cm³/mol. The molecule has 2 aromatic heterocycles. The molecular weight excluding hydrogens is 500 g/mol. The van der Waals surface area contributed by atoms with Gasteiger partial charge in [-0.2, -0.15) is 0 Å². The standard InChI is InChI=1S/C28H30N6O3S/c35-23-7-10-34(11-8-23)28-32-26-24(33-12-14-37-15-13-33)16-20(17-25(26)38-28)19-3-5-21(6-4-19)30-27(36)31-22-2-1-9-29-18-22/h1-6,9,16-18,23,35H,7-8,10-15H2,(H2,30,31,36). The minimum Gasteiger partial charge on any atom is -0.393 e. The van der Waals surface area contributed by atoms with Crippen molar-refractivity contribution in [3.63, 3.8) is 0 Å². The maximum Gasteiger partial charge on any atom is 0.323 e. The van der Waals surface area contributed by atoms with Crippen LogP contribution in [0.3, 0.4) is 0 Å². The van der Waals surface area contributed by atoms with Gasteiger partial charge in [0.05, 0.1) is 41.6 Å². The molecule has 2 aliphatic heterocycles. The molecule has 0 saturated carbocycles. The number of aromatic nitrogens is 2. The van der Waals surface area contributed by atoms with E-state index in [1.165, 1.54) is 0 Å². The van der Waals surface area contributed by atoms with Crippen LogP contribution in [0.5, 0.6) is 0 Å². The van der Waals surface area contributed by atoms with E-state index >= 15 is 0 Å². The van der Waals surface area contributed by atoms with E-state index in [0.29, 0.717) is 24.6 Å². The van der Waals surface area contributed by atoms with Crippen molar-refractivity contribution in [3.05, 3.63) is 60.9 Å². The summed E-state index contributed by atoms with van der Waals surface area (Å²) in [5, 5.41) is 16.6. The van der Waals surface area contributed by atoms with Gasteiger partial charge in [-0.05, 0) is 60.4 Å². The summed E-state index contributed by atoms with van der Waals surface area (Å²) in [5.41, 5.74) is 5.66. The summed E-state index contributed by atoms with van der Waals surface area (Å²) in [6.45, 7) is 4.71. The number of carbonyl (C=O) groups is 1. The number of aliphatic hydroxyl groups is 1. The Balaban J connectivity index is 1.27. The molecule has 38 heavy (non-hydrogen) atoms. The molecule has 10 heteroatoms. The summed E-state index contributed by atoms with van der Waals surface area (Å²) in [4.78, 5) is 26.1. The van der Waals surface area contributed by atoms with Gasteiger partial charge in [-0.1, -0.05) is 23.5 Å². The molecule has 0 unspecified atom stereocenters. The topological polar surface area (TPSA) is 103 Å². The molecule has 2 aromatic carbocycles. The van der Waals surface area contributed by atoms with Gasteiger partial charge in [-0.15, -0.1) is 0 Å². The number of anilines is 4. The van der Waals surface area contributed by atoms with Crippen molar-refractivity contribution < 1.29 is 14.6 Å². The molecule has 0 radical (unpaired) electrons.